The molecule has 3 rings (SSSR count). The van der Waals surface area contributed by atoms with Crippen LogP contribution in [0.15, 0.2) is 23.2 Å². The molecule has 0 spiro atoms. The lowest BCUT2D eigenvalue weighted by atomic mass is 10.2. The molecule has 1 aromatic heterocycles. The van der Waals surface area contributed by atoms with E-state index in [0.29, 0.717) is 43.1 Å². The molecular formula is C21H27N3O7S2. The van der Waals surface area contributed by atoms with Crippen molar-refractivity contribution in [1.82, 2.24) is 9.47 Å². The first-order valence-electron chi connectivity index (χ1n) is 10.6. The number of rotatable bonds is 9. The smallest absolute Gasteiger partial charge is 0.337 e. The molecule has 12 heteroatoms. The lowest BCUT2D eigenvalue weighted by molar-refractivity contribution is -0.127. The number of methoxy groups -OCH3 is 1. The molecule has 1 fully saturated rings. The van der Waals surface area contributed by atoms with Gasteiger partial charge >= 0.3 is 5.97 Å². The van der Waals surface area contributed by atoms with E-state index in [1.54, 1.807) is 22.8 Å². The Labute approximate surface area is 195 Å². The third-order valence-electron chi connectivity index (χ3n) is 5.13. The van der Waals surface area contributed by atoms with E-state index in [1.165, 1.54) is 12.0 Å². The zero-order chi connectivity index (χ0) is 24.0. The molecule has 0 saturated carbocycles. The molecule has 0 aliphatic carbocycles. The highest BCUT2D eigenvalue weighted by atomic mass is 32.2. The van der Waals surface area contributed by atoms with Crippen molar-refractivity contribution >= 4 is 49.2 Å². The maximum atomic E-state index is 12.5. The van der Waals surface area contributed by atoms with Gasteiger partial charge in [-0.1, -0.05) is 11.3 Å². The van der Waals surface area contributed by atoms with E-state index < -0.39 is 39.1 Å². The first kappa shape index (κ1) is 25.1. The van der Waals surface area contributed by atoms with Crippen LogP contribution in [-0.2, 0) is 35.4 Å². The summed E-state index contributed by atoms with van der Waals surface area (Å²) < 4.78 is 37.4. The fraction of sp³-hybridized carbons (Fsp3) is 0.524. The number of carbonyl (C=O) groups excluding carboxylic acids is 3. The third-order valence-corrected chi connectivity index (χ3v) is 7.55. The maximum Gasteiger partial charge on any atom is 0.337 e. The largest absolute Gasteiger partial charge is 0.465 e. The Balaban J connectivity index is 1.86. The topological polar surface area (TPSA) is 124 Å². The summed E-state index contributed by atoms with van der Waals surface area (Å²) in [6.07, 6.45) is 1.71. The fourth-order valence-electron chi connectivity index (χ4n) is 3.54. The van der Waals surface area contributed by atoms with Crippen LogP contribution in [0.3, 0.4) is 0 Å². The SMILES string of the molecule is CCOCCn1c(=NC(=O)CS(=O)(=O)CC(=O)N2CCCC2)sc2cc(C(=O)OC)ccc21. The Kier molecular flexibility index (Phi) is 8.38. The fourth-order valence-corrected chi connectivity index (χ4v) is 5.76. The van der Waals surface area contributed by atoms with Crippen LogP contribution in [0, 0.1) is 0 Å². The van der Waals surface area contributed by atoms with E-state index >= 15 is 0 Å². The van der Waals surface area contributed by atoms with Gasteiger partial charge < -0.3 is 18.9 Å². The summed E-state index contributed by atoms with van der Waals surface area (Å²) in [5.41, 5.74) is 1.08. The molecule has 0 atom stereocenters. The molecule has 1 aliphatic heterocycles. The molecule has 0 N–H and O–H groups in total. The first-order chi connectivity index (χ1) is 15.7. The number of amides is 2. The second kappa shape index (κ2) is 11.0. The highest BCUT2D eigenvalue weighted by molar-refractivity contribution is 7.92. The Morgan fingerprint density at radius 3 is 2.55 bits per heavy atom. The van der Waals surface area contributed by atoms with Crippen molar-refractivity contribution in [3.8, 4) is 0 Å². The number of esters is 1. The molecule has 0 radical (unpaired) electrons. The van der Waals surface area contributed by atoms with E-state index in [2.05, 4.69) is 4.99 Å². The van der Waals surface area contributed by atoms with Gasteiger partial charge in [0.05, 0.1) is 29.5 Å². The van der Waals surface area contributed by atoms with Crippen molar-refractivity contribution < 1.29 is 32.3 Å². The van der Waals surface area contributed by atoms with Gasteiger partial charge in [0.25, 0.3) is 5.91 Å². The van der Waals surface area contributed by atoms with Crippen molar-refractivity contribution in [2.45, 2.75) is 26.3 Å². The highest BCUT2D eigenvalue weighted by Gasteiger charge is 2.26. The molecule has 1 saturated heterocycles. The molecular weight excluding hydrogens is 470 g/mol. The molecule has 10 nitrogen and oxygen atoms in total. The highest BCUT2D eigenvalue weighted by Crippen LogP contribution is 2.20. The number of aromatic nitrogens is 1. The zero-order valence-corrected chi connectivity index (χ0v) is 20.2. The van der Waals surface area contributed by atoms with Crippen LogP contribution in [0.5, 0.6) is 0 Å². The van der Waals surface area contributed by atoms with Gasteiger partial charge in [0.1, 0.15) is 11.5 Å². The van der Waals surface area contributed by atoms with E-state index in [4.69, 9.17) is 9.47 Å². The molecule has 180 valence electrons. The Bertz CT molecular complexity index is 1210. The number of likely N-dealkylation sites (tertiary alicyclic amines) is 1. The Morgan fingerprint density at radius 1 is 1.15 bits per heavy atom. The number of benzene rings is 1. The minimum Gasteiger partial charge on any atom is -0.465 e. The molecule has 1 aliphatic rings. The van der Waals surface area contributed by atoms with Crippen LogP contribution in [-0.4, -0.2) is 80.6 Å². The van der Waals surface area contributed by atoms with Crippen LogP contribution in [0.25, 0.3) is 10.2 Å². The predicted molar refractivity (Wildman–Crippen MR) is 123 cm³/mol. The standard InChI is InChI=1S/C21H27N3O7S2/c1-3-31-11-10-24-16-7-6-15(20(27)30-2)12-17(16)32-21(24)22-18(25)13-33(28,29)14-19(26)23-8-4-5-9-23/h6-7,12H,3-5,8-11,13-14H2,1-2H3. The van der Waals surface area contributed by atoms with E-state index in [0.717, 1.165) is 29.7 Å². The normalized spacial score (nSPS) is 14.7. The molecule has 1 aromatic carbocycles. The van der Waals surface area contributed by atoms with E-state index in [1.807, 2.05) is 6.92 Å². The monoisotopic (exact) mass is 497 g/mol. The van der Waals surface area contributed by atoms with Crippen molar-refractivity contribution in [3.63, 3.8) is 0 Å². The molecule has 33 heavy (non-hydrogen) atoms. The Morgan fingerprint density at radius 2 is 1.88 bits per heavy atom. The Hall–Kier alpha value is -2.57. The van der Waals surface area contributed by atoms with Gasteiger partial charge in [-0.15, -0.1) is 0 Å². The quantitative estimate of drug-likeness (QED) is 0.374. The van der Waals surface area contributed by atoms with Crippen molar-refractivity contribution in [3.05, 3.63) is 28.6 Å². The number of ether oxygens (including phenoxy) is 2. The number of carbonyl (C=O) groups is 3. The van der Waals surface area contributed by atoms with Crippen molar-refractivity contribution in [1.29, 1.82) is 0 Å². The van der Waals surface area contributed by atoms with Crippen LogP contribution >= 0.6 is 11.3 Å². The molecule has 2 heterocycles. The van der Waals surface area contributed by atoms with Crippen LogP contribution in [0.2, 0.25) is 0 Å². The zero-order valence-electron chi connectivity index (χ0n) is 18.6. The summed E-state index contributed by atoms with van der Waals surface area (Å²) in [7, 11) is -2.66. The lowest BCUT2D eigenvalue weighted by Crippen LogP contribution is -2.35. The van der Waals surface area contributed by atoms with Gasteiger partial charge in [-0.05, 0) is 38.0 Å². The molecule has 2 amide bonds. The third kappa shape index (κ3) is 6.49. The number of thiazole rings is 1. The minimum absolute atomic E-state index is 0.290. The van der Waals surface area contributed by atoms with Crippen molar-refractivity contribution in [2.75, 3.05) is 44.9 Å². The maximum absolute atomic E-state index is 12.5. The molecule has 2 aromatic rings. The second-order valence-corrected chi connectivity index (χ2v) is 10.6. The van der Waals surface area contributed by atoms with Crippen molar-refractivity contribution in [2.24, 2.45) is 4.99 Å². The van der Waals surface area contributed by atoms with E-state index in [9.17, 15) is 22.8 Å². The van der Waals surface area contributed by atoms with Gasteiger partial charge in [0.2, 0.25) is 5.91 Å². The van der Waals surface area contributed by atoms with Gasteiger partial charge in [-0.2, -0.15) is 4.99 Å². The van der Waals surface area contributed by atoms with Gasteiger partial charge in [0, 0.05) is 26.2 Å². The summed E-state index contributed by atoms with van der Waals surface area (Å²) in [4.78, 5) is 42.4. The number of hydrogen-bond acceptors (Lipinski definition) is 8. The number of hydrogen-bond donors (Lipinski definition) is 0. The minimum atomic E-state index is -3.95. The lowest BCUT2D eigenvalue weighted by Gasteiger charge is -2.14. The van der Waals surface area contributed by atoms with Gasteiger partial charge in [0.15, 0.2) is 14.6 Å². The predicted octanol–water partition coefficient (Wildman–Crippen LogP) is 0.990. The average Bonchev–Trinajstić information content (AvgIpc) is 3.41. The summed E-state index contributed by atoms with van der Waals surface area (Å²) >= 11 is 1.15. The number of fused-ring (bicyclic) bond motifs is 1. The summed E-state index contributed by atoms with van der Waals surface area (Å²) in [5, 5.41) is 0. The van der Waals surface area contributed by atoms with Crippen LogP contribution in [0.4, 0.5) is 0 Å². The average molecular weight is 498 g/mol. The van der Waals surface area contributed by atoms with Gasteiger partial charge in [-0.25, -0.2) is 13.2 Å². The summed E-state index contributed by atoms with van der Waals surface area (Å²) in [6, 6.07) is 4.97. The number of sulfone groups is 1. The van der Waals surface area contributed by atoms with Crippen LogP contribution in [0.1, 0.15) is 30.1 Å². The summed E-state index contributed by atoms with van der Waals surface area (Å²) in [6.45, 7) is 4.22. The van der Waals surface area contributed by atoms with E-state index in [-0.39, 0.29) is 4.80 Å². The number of nitrogens with zero attached hydrogens (tertiary/aromatic N) is 3. The first-order valence-corrected chi connectivity index (χ1v) is 13.2. The van der Waals surface area contributed by atoms with Gasteiger partial charge in [-0.3, -0.25) is 9.59 Å². The molecule has 0 unspecified atom stereocenters. The molecule has 0 bridgehead atoms. The summed E-state index contributed by atoms with van der Waals surface area (Å²) in [5.74, 6) is -3.37. The second-order valence-electron chi connectivity index (χ2n) is 7.53. The van der Waals surface area contributed by atoms with Crippen LogP contribution < -0.4 is 4.80 Å².